The Hall–Kier alpha value is -1.13. The molecule has 0 radical (unpaired) electrons. The predicted octanol–water partition coefficient (Wildman–Crippen LogP) is 3.86. The average molecular weight is 285 g/mol. The molecule has 0 fully saturated rings. The fourth-order valence-corrected chi connectivity index (χ4v) is 2.55. The predicted molar refractivity (Wildman–Crippen MR) is 75.2 cm³/mol. The number of nitrogens with zero attached hydrogens (tertiary/aromatic N) is 2. The van der Waals surface area contributed by atoms with E-state index in [4.69, 9.17) is 16.3 Å². The largest absolute Gasteiger partial charge is 0.382 e. The summed E-state index contributed by atoms with van der Waals surface area (Å²) in [5.74, 6) is 0.326. The molecule has 0 amide bonds. The number of hydrogen-bond acceptors (Lipinski definition) is 2. The van der Waals surface area contributed by atoms with Crippen LogP contribution < -0.4 is 0 Å². The Kier molecular flexibility index (Phi) is 3.83. The van der Waals surface area contributed by atoms with Crippen molar-refractivity contribution in [3.63, 3.8) is 0 Å². The van der Waals surface area contributed by atoms with E-state index < -0.39 is 0 Å². The molecule has 2 rings (SSSR count). The number of aromatic nitrogens is 2. The first-order valence-corrected chi connectivity index (χ1v) is 6.62. The average Bonchev–Trinajstić information content (AvgIpc) is 2.70. The fourth-order valence-electron chi connectivity index (χ4n) is 2.40. The summed E-state index contributed by atoms with van der Waals surface area (Å²) in [5.41, 5.74) is 0.745. The number of halogens is 2. The molecular formula is C14H18ClFN2O. The van der Waals surface area contributed by atoms with Gasteiger partial charge in [-0.1, -0.05) is 6.07 Å². The number of alkyl halides is 1. The Bertz CT molecular complexity index is 592. The van der Waals surface area contributed by atoms with Crippen molar-refractivity contribution in [3.8, 4) is 0 Å². The Morgan fingerprint density at radius 1 is 1.47 bits per heavy atom. The van der Waals surface area contributed by atoms with Crippen LogP contribution in [0.15, 0.2) is 18.2 Å². The molecule has 1 atom stereocenters. The molecule has 0 saturated carbocycles. The van der Waals surface area contributed by atoms with Gasteiger partial charge in [0.2, 0.25) is 0 Å². The van der Waals surface area contributed by atoms with Gasteiger partial charge in [-0.05, 0) is 32.9 Å². The molecule has 1 aromatic carbocycles. The van der Waals surface area contributed by atoms with Gasteiger partial charge in [0.15, 0.2) is 5.82 Å². The fraction of sp³-hybridized carbons (Fsp3) is 0.500. The maximum Gasteiger partial charge on any atom is 0.151 e. The van der Waals surface area contributed by atoms with Crippen LogP contribution in [0.4, 0.5) is 4.39 Å². The molecule has 0 aliphatic rings. The van der Waals surface area contributed by atoms with E-state index in [1.807, 2.05) is 31.4 Å². The SMILES string of the molecule is COCC(C)(C)n1c(C(C)Cl)nc2c(F)cccc21. The molecule has 5 heteroatoms. The number of imidazole rings is 1. The van der Waals surface area contributed by atoms with Gasteiger partial charge in [0, 0.05) is 7.11 Å². The van der Waals surface area contributed by atoms with E-state index in [2.05, 4.69) is 4.98 Å². The lowest BCUT2D eigenvalue weighted by Crippen LogP contribution is -2.33. The molecule has 0 bridgehead atoms. The van der Waals surface area contributed by atoms with Crippen molar-refractivity contribution in [3.05, 3.63) is 29.8 Å². The van der Waals surface area contributed by atoms with E-state index >= 15 is 0 Å². The van der Waals surface area contributed by atoms with E-state index in [0.29, 0.717) is 17.9 Å². The maximum atomic E-state index is 13.9. The van der Waals surface area contributed by atoms with E-state index in [-0.39, 0.29) is 16.7 Å². The standard InChI is InChI=1S/C14H18ClFN2O/c1-9(15)13-17-12-10(16)6-5-7-11(12)18(13)14(2,3)8-19-4/h5-7,9H,8H2,1-4H3. The lowest BCUT2D eigenvalue weighted by atomic mass is 10.1. The van der Waals surface area contributed by atoms with Gasteiger partial charge in [0.1, 0.15) is 11.3 Å². The Balaban J connectivity index is 2.76. The van der Waals surface area contributed by atoms with Crippen LogP contribution in [0.2, 0.25) is 0 Å². The summed E-state index contributed by atoms with van der Waals surface area (Å²) < 4.78 is 21.1. The summed E-state index contributed by atoms with van der Waals surface area (Å²) >= 11 is 6.19. The van der Waals surface area contributed by atoms with Gasteiger partial charge in [-0.25, -0.2) is 9.37 Å². The Labute approximate surface area is 117 Å². The first kappa shape index (κ1) is 14.3. The van der Waals surface area contributed by atoms with Gasteiger partial charge in [-0.15, -0.1) is 11.6 Å². The van der Waals surface area contributed by atoms with Gasteiger partial charge in [0.25, 0.3) is 0 Å². The number of methoxy groups -OCH3 is 1. The van der Waals surface area contributed by atoms with Crippen LogP contribution in [0.5, 0.6) is 0 Å². The van der Waals surface area contributed by atoms with Gasteiger partial charge in [-0.2, -0.15) is 0 Å². The van der Waals surface area contributed by atoms with Crippen molar-refractivity contribution in [1.29, 1.82) is 0 Å². The lowest BCUT2D eigenvalue weighted by Gasteiger charge is -2.29. The van der Waals surface area contributed by atoms with Crippen molar-refractivity contribution in [2.75, 3.05) is 13.7 Å². The summed E-state index contributed by atoms with van der Waals surface area (Å²) in [6.45, 7) is 6.36. The van der Waals surface area contributed by atoms with E-state index in [9.17, 15) is 4.39 Å². The molecule has 104 valence electrons. The first-order chi connectivity index (χ1) is 8.88. The van der Waals surface area contributed by atoms with E-state index in [0.717, 1.165) is 5.52 Å². The van der Waals surface area contributed by atoms with Crippen molar-refractivity contribution in [1.82, 2.24) is 9.55 Å². The topological polar surface area (TPSA) is 27.1 Å². The summed E-state index contributed by atoms with van der Waals surface area (Å²) in [7, 11) is 1.64. The number of ether oxygens (including phenoxy) is 1. The highest BCUT2D eigenvalue weighted by molar-refractivity contribution is 6.20. The minimum atomic E-state index is -0.351. The van der Waals surface area contributed by atoms with E-state index in [1.165, 1.54) is 6.07 Å². The highest BCUT2D eigenvalue weighted by atomic mass is 35.5. The lowest BCUT2D eigenvalue weighted by molar-refractivity contribution is 0.110. The van der Waals surface area contributed by atoms with Gasteiger partial charge in [-0.3, -0.25) is 0 Å². The molecule has 0 spiro atoms. The van der Waals surface area contributed by atoms with Crippen LogP contribution >= 0.6 is 11.6 Å². The summed E-state index contributed by atoms with van der Waals surface area (Å²) in [5, 5.41) is -0.303. The zero-order chi connectivity index (χ0) is 14.2. The van der Waals surface area contributed by atoms with Gasteiger partial charge in [0.05, 0.1) is 23.0 Å². The molecular weight excluding hydrogens is 267 g/mol. The smallest absolute Gasteiger partial charge is 0.151 e. The monoisotopic (exact) mass is 284 g/mol. The minimum Gasteiger partial charge on any atom is -0.382 e. The molecule has 1 unspecified atom stereocenters. The third-order valence-corrected chi connectivity index (χ3v) is 3.32. The molecule has 0 saturated heterocycles. The Morgan fingerprint density at radius 2 is 2.16 bits per heavy atom. The third kappa shape index (κ3) is 2.47. The van der Waals surface area contributed by atoms with Crippen LogP contribution in [-0.2, 0) is 10.3 Å². The number of benzene rings is 1. The summed E-state index contributed by atoms with van der Waals surface area (Å²) in [6.07, 6.45) is 0. The molecule has 1 heterocycles. The number of hydrogen-bond donors (Lipinski definition) is 0. The van der Waals surface area contributed by atoms with Crippen LogP contribution in [0.3, 0.4) is 0 Å². The molecule has 19 heavy (non-hydrogen) atoms. The van der Waals surface area contributed by atoms with Crippen LogP contribution in [-0.4, -0.2) is 23.3 Å². The number of fused-ring (bicyclic) bond motifs is 1. The zero-order valence-electron chi connectivity index (χ0n) is 11.6. The maximum absolute atomic E-state index is 13.9. The zero-order valence-corrected chi connectivity index (χ0v) is 12.3. The second kappa shape index (κ2) is 5.10. The van der Waals surface area contributed by atoms with Crippen LogP contribution in [0.25, 0.3) is 11.0 Å². The van der Waals surface area contributed by atoms with Crippen LogP contribution in [0, 0.1) is 5.82 Å². The highest BCUT2D eigenvalue weighted by Crippen LogP contribution is 2.31. The van der Waals surface area contributed by atoms with Gasteiger partial charge < -0.3 is 9.30 Å². The minimum absolute atomic E-state index is 0.303. The normalized spacial score (nSPS) is 14.0. The highest BCUT2D eigenvalue weighted by Gasteiger charge is 2.28. The van der Waals surface area contributed by atoms with Crippen molar-refractivity contribution >= 4 is 22.6 Å². The molecule has 0 aliphatic heterocycles. The Morgan fingerprint density at radius 3 is 2.74 bits per heavy atom. The van der Waals surface area contributed by atoms with Crippen molar-refractivity contribution in [2.45, 2.75) is 31.7 Å². The number of rotatable bonds is 4. The molecule has 0 aliphatic carbocycles. The van der Waals surface area contributed by atoms with Crippen molar-refractivity contribution < 1.29 is 9.13 Å². The number of para-hydroxylation sites is 1. The second-order valence-electron chi connectivity index (χ2n) is 5.27. The third-order valence-electron chi connectivity index (χ3n) is 3.12. The quantitative estimate of drug-likeness (QED) is 0.797. The van der Waals surface area contributed by atoms with E-state index in [1.54, 1.807) is 13.2 Å². The summed E-state index contributed by atoms with van der Waals surface area (Å²) in [6, 6.07) is 4.94. The molecule has 1 aromatic heterocycles. The molecule has 2 aromatic rings. The molecule has 3 nitrogen and oxygen atoms in total. The molecule has 0 N–H and O–H groups in total. The second-order valence-corrected chi connectivity index (χ2v) is 5.93. The van der Waals surface area contributed by atoms with Gasteiger partial charge >= 0.3 is 0 Å². The summed E-state index contributed by atoms with van der Waals surface area (Å²) in [4.78, 5) is 4.36. The van der Waals surface area contributed by atoms with Crippen molar-refractivity contribution in [2.24, 2.45) is 0 Å². The van der Waals surface area contributed by atoms with Crippen LogP contribution in [0.1, 0.15) is 32.0 Å². The first-order valence-electron chi connectivity index (χ1n) is 6.19.